The van der Waals surface area contributed by atoms with Crippen molar-refractivity contribution in [2.75, 3.05) is 47.1 Å². The molecule has 0 bridgehead atoms. The van der Waals surface area contributed by atoms with E-state index in [2.05, 4.69) is 15.5 Å². The first-order valence-corrected chi connectivity index (χ1v) is 10.3. The quantitative estimate of drug-likeness (QED) is 0.621. The highest BCUT2D eigenvalue weighted by molar-refractivity contribution is 6.35. The van der Waals surface area contributed by atoms with E-state index in [0.29, 0.717) is 19.8 Å². The van der Waals surface area contributed by atoms with Crippen LogP contribution in [0.4, 0.5) is 0 Å². The van der Waals surface area contributed by atoms with Gasteiger partial charge in [0.2, 0.25) is 0 Å². The number of morpholine rings is 1. The molecule has 1 aliphatic heterocycles. The van der Waals surface area contributed by atoms with Gasteiger partial charge in [0, 0.05) is 26.2 Å². The van der Waals surface area contributed by atoms with Gasteiger partial charge in [-0.05, 0) is 35.4 Å². The number of carbonyl (C=O) groups is 2. The van der Waals surface area contributed by atoms with Gasteiger partial charge in [-0.1, -0.05) is 24.3 Å². The summed E-state index contributed by atoms with van der Waals surface area (Å²) in [6.45, 7) is 3.34. The highest BCUT2D eigenvalue weighted by Crippen LogP contribution is 2.24. The lowest BCUT2D eigenvalue weighted by atomic mass is 10.0. The molecular weight excluding hydrogens is 398 g/mol. The van der Waals surface area contributed by atoms with E-state index in [4.69, 9.17) is 14.2 Å². The van der Waals surface area contributed by atoms with Gasteiger partial charge in [-0.15, -0.1) is 0 Å². The number of carbonyl (C=O) groups excluding carboxylic acids is 2. The van der Waals surface area contributed by atoms with Crippen molar-refractivity contribution in [1.29, 1.82) is 0 Å². The van der Waals surface area contributed by atoms with Crippen LogP contribution in [0.25, 0.3) is 0 Å². The molecule has 1 atom stereocenters. The van der Waals surface area contributed by atoms with Crippen molar-refractivity contribution < 1.29 is 23.8 Å². The molecule has 166 valence electrons. The van der Waals surface area contributed by atoms with Crippen LogP contribution in [0.1, 0.15) is 17.2 Å². The number of amides is 2. The summed E-state index contributed by atoms with van der Waals surface area (Å²) in [6, 6.07) is 15.0. The van der Waals surface area contributed by atoms with Crippen molar-refractivity contribution in [1.82, 2.24) is 15.5 Å². The first-order chi connectivity index (χ1) is 15.1. The Labute approximate surface area is 182 Å². The number of hydrogen-bond acceptors (Lipinski definition) is 6. The smallest absolute Gasteiger partial charge is 0.309 e. The van der Waals surface area contributed by atoms with Gasteiger partial charge in [-0.3, -0.25) is 14.5 Å². The molecule has 0 aliphatic carbocycles. The molecule has 0 aromatic heterocycles. The maximum Gasteiger partial charge on any atom is 0.309 e. The van der Waals surface area contributed by atoms with Gasteiger partial charge in [-0.2, -0.15) is 0 Å². The fraction of sp³-hybridized carbons (Fsp3) is 0.391. The molecule has 31 heavy (non-hydrogen) atoms. The SMILES string of the molecule is COc1ccc(CNC(=O)C(=O)NCC(c2cccc(OC)c2)N2CCOCC2)cc1. The highest BCUT2D eigenvalue weighted by Gasteiger charge is 2.24. The van der Waals surface area contributed by atoms with Crippen molar-refractivity contribution in [3.8, 4) is 11.5 Å². The van der Waals surface area contributed by atoms with Gasteiger partial charge >= 0.3 is 11.8 Å². The third-order valence-corrected chi connectivity index (χ3v) is 5.24. The molecule has 0 radical (unpaired) electrons. The molecule has 3 rings (SSSR count). The summed E-state index contributed by atoms with van der Waals surface area (Å²) in [5, 5.41) is 5.43. The van der Waals surface area contributed by atoms with E-state index < -0.39 is 11.8 Å². The molecule has 1 unspecified atom stereocenters. The fourth-order valence-electron chi connectivity index (χ4n) is 3.47. The molecule has 8 heteroatoms. The molecule has 2 N–H and O–H groups in total. The van der Waals surface area contributed by atoms with Crippen LogP contribution in [-0.2, 0) is 20.9 Å². The molecule has 1 aliphatic rings. The van der Waals surface area contributed by atoms with Gasteiger partial charge < -0.3 is 24.8 Å². The van der Waals surface area contributed by atoms with E-state index in [9.17, 15) is 9.59 Å². The summed E-state index contributed by atoms with van der Waals surface area (Å²) in [7, 11) is 3.22. The fourth-order valence-corrected chi connectivity index (χ4v) is 3.47. The van der Waals surface area contributed by atoms with Crippen molar-refractivity contribution in [3.63, 3.8) is 0 Å². The number of benzene rings is 2. The zero-order valence-corrected chi connectivity index (χ0v) is 17.9. The molecule has 0 saturated carbocycles. The summed E-state index contributed by atoms with van der Waals surface area (Å²) in [5.74, 6) is 0.163. The Morgan fingerprint density at radius 2 is 1.65 bits per heavy atom. The van der Waals surface area contributed by atoms with Crippen molar-refractivity contribution >= 4 is 11.8 Å². The summed E-state index contributed by atoms with van der Waals surface area (Å²) in [5.41, 5.74) is 1.89. The number of nitrogens with zero attached hydrogens (tertiary/aromatic N) is 1. The Kier molecular flexibility index (Phi) is 8.26. The van der Waals surface area contributed by atoms with E-state index in [1.54, 1.807) is 14.2 Å². The maximum atomic E-state index is 12.4. The average molecular weight is 428 g/mol. The zero-order valence-electron chi connectivity index (χ0n) is 17.9. The van der Waals surface area contributed by atoms with Crippen LogP contribution >= 0.6 is 0 Å². The van der Waals surface area contributed by atoms with Crippen molar-refractivity contribution in [2.24, 2.45) is 0 Å². The third-order valence-electron chi connectivity index (χ3n) is 5.24. The third kappa shape index (κ3) is 6.44. The number of hydrogen-bond donors (Lipinski definition) is 2. The molecule has 1 saturated heterocycles. The van der Waals surface area contributed by atoms with Crippen LogP contribution < -0.4 is 20.1 Å². The molecular formula is C23H29N3O5. The van der Waals surface area contributed by atoms with Gasteiger partial charge in [0.25, 0.3) is 0 Å². The number of nitrogens with one attached hydrogen (secondary N) is 2. The van der Waals surface area contributed by atoms with Crippen molar-refractivity contribution in [3.05, 3.63) is 59.7 Å². The first kappa shape index (κ1) is 22.6. The van der Waals surface area contributed by atoms with E-state index in [0.717, 1.165) is 35.7 Å². The van der Waals surface area contributed by atoms with E-state index in [-0.39, 0.29) is 12.6 Å². The Morgan fingerprint density at radius 1 is 0.968 bits per heavy atom. The Balaban J connectivity index is 1.58. The summed E-state index contributed by atoms with van der Waals surface area (Å²) in [4.78, 5) is 26.9. The average Bonchev–Trinajstić information content (AvgIpc) is 2.83. The monoisotopic (exact) mass is 427 g/mol. The molecule has 0 spiro atoms. The Morgan fingerprint density at radius 3 is 2.32 bits per heavy atom. The van der Waals surface area contributed by atoms with Gasteiger partial charge in [0.1, 0.15) is 11.5 Å². The minimum absolute atomic E-state index is 0.0858. The van der Waals surface area contributed by atoms with Crippen LogP contribution in [0, 0.1) is 0 Å². The first-order valence-electron chi connectivity index (χ1n) is 10.3. The maximum absolute atomic E-state index is 12.4. The van der Waals surface area contributed by atoms with Crippen LogP contribution in [0.15, 0.2) is 48.5 Å². The summed E-state index contributed by atoms with van der Waals surface area (Å²) >= 11 is 0. The predicted octanol–water partition coefficient (Wildman–Crippen LogP) is 1.51. The van der Waals surface area contributed by atoms with Gasteiger partial charge in [0.05, 0.1) is 33.5 Å². The topological polar surface area (TPSA) is 89.1 Å². The molecule has 2 aromatic carbocycles. The second-order valence-electron chi connectivity index (χ2n) is 7.18. The number of methoxy groups -OCH3 is 2. The Bertz CT molecular complexity index is 866. The normalized spacial score (nSPS) is 15.0. The second-order valence-corrected chi connectivity index (χ2v) is 7.18. The van der Waals surface area contributed by atoms with Crippen LogP contribution in [0.2, 0.25) is 0 Å². The van der Waals surface area contributed by atoms with Crippen LogP contribution in [-0.4, -0.2) is 63.8 Å². The zero-order chi connectivity index (χ0) is 22.1. The van der Waals surface area contributed by atoms with E-state index in [1.807, 2.05) is 48.5 Å². The lowest BCUT2D eigenvalue weighted by Crippen LogP contribution is -2.46. The van der Waals surface area contributed by atoms with Gasteiger partial charge in [0.15, 0.2) is 0 Å². The Hall–Kier alpha value is -3.10. The van der Waals surface area contributed by atoms with Crippen molar-refractivity contribution in [2.45, 2.75) is 12.6 Å². The summed E-state index contributed by atoms with van der Waals surface area (Å²) in [6.07, 6.45) is 0. The molecule has 8 nitrogen and oxygen atoms in total. The minimum atomic E-state index is -0.665. The van der Waals surface area contributed by atoms with Crippen LogP contribution in [0.5, 0.6) is 11.5 Å². The number of ether oxygens (including phenoxy) is 3. The summed E-state index contributed by atoms with van der Waals surface area (Å²) < 4.78 is 15.9. The molecule has 1 fully saturated rings. The van der Waals surface area contributed by atoms with E-state index >= 15 is 0 Å². The minimum Gasteiger partial charge on any atom is -0.497 e. The van der Waals surface area contributed by atoms with E-state index in [1.165, 1.54) is 0 Å². The lowest BCUT2D eigenvalue weighted by Gasteiger charge is -2.35. The molecule has 2 amide bonds. The largest absolute Gasteiger partial charge is 0.497 e. The predicted molar refractivity (Wildman–Crippen MR) is 116 cm³/mol. The lowest BCUT2D eigenvalue weighted by molar-refractivity contribution is -0.139. The second kappa shape index (κ2) is 11.3. The molecule has 1 heterocycles. The number of rotatable bonds is 8. The van der Waals surface area contributed by atoms with Gasteiger partial charge in [-0.25, -0.2) is 0 Å². The molecule has 2 aromatic rings. The highest BCUT2D eigenvalue weighted by atomic mass is 16.5. The van der Waals surface area contributed by atoms with Crippen LogP contribution in [0.3, 0.4) is 0 Å². The standard InChI is InChI=1S/C23H29N3O5/c1-29-19-8-6-17(7-9-19)15-24-22(27)23(28)25-16-21(26-10-12-31-13-11-26)18-4-3-5-20(14-18)30-2/h3-9,14,21H,10-13,15-16H2,1-2H3,(H,24,27)(H,25,28).